The summed E-state index contributed by atoms with van der Waals surface area (Å²) in [6.45, 7) is 5.15. The zero-order chi connectivity index (χ0) is 16.3. The number of methoxy groups -OCH3 is 1. The highest BCUT2D eigenvalue weighted by Gasteiger charge is 2.31. The maximum Gasteiger partial charge on any atom is 0.266 e. The highest BCUT2D eigenvalue weighted by molar-refractivity contribution is 9.10. The van der Waals surface area contributed by atoms with Crippen molar-refractivity contribution in [3.05, 3.63) is 32.1 Å². The first kappa shape index (κ1) is 17.4. The van der Waals surface area contributed by atoms with Gasteiger partial charge in [0.1, 0.15) is 0 Å². The lowest BCUT2D eigenvalue weighted by molar-refractivity contribution is -0.122. The number of rotatable bonds is 4. The SMILES string of the molecule is CCN=C1S/C(=C\c2cc(Cl)c(OC)c(Br)c2)C(=O)N1CC. The molecule has 0 saturated carbocycles. The molecule has 0 unspecified atom stereocenters. The molecule has 1 aliphatic rings. The molecule has 1 aliphatic heterocycles. The summed E-state index contributed by atoms with van der Waals surface area (Å²) >= 11 is 11.0. The lowest BCUT2D eigenvalue weighted by atomic mass is 10.2. The van der Waals surface area contributed by atoms with Crippen LogP contribution in [-0.4, -0.2) is 36.2 Å². The van der Waals surface area contributed by atoms with Gasteiger partial charge in [0.2, 0.25) is 0 Å². The van der Waals surface area contributed by atoms with Crippen molar-refractivity contribution >= 4 is 56.4 Å². The first-order valence-electron chi connectivity index (χ1n) is 6.80. The number of benzene rings is 1. The van der Waals surface area contributed by atoms with E-state index < -0.39 is 0 Å². The Morgan fingerprint density at radius 2 is 2.18 bits per heavy atom. The van der Waals surface area contributed by atoms with Gasteiger partial charge >= 0.3 is 0 Å². The van der Waals surface area contributed by atoms with E-state index in [1.165, 1.54) is 11.8 Å². The van der Waals surface area contributed by atoms with Crippen LogP contribution < -0.4 is 4.74 Å². The summed E-state index contributed by atoms with van der Waals surface area (Å²) < 4.78 is 5.96. The Balaban J connectivity index is 2.38. The smallest absolute Gasteiger partial charge is 0.266 e. The van der Waals surface area contributed by atoms with Gasteiger partial charge in [0.15, 0.2) is 10.9 Å². The summed E-state index contributed by atoms with van der Waals surface area (Å²) in [4.78, 5) is 19.1. The molecule has 22 heavy (non-hydrogen) atoms. The number of nitrogens with zero attached hydrogens (tertiary/aromatic N) is 2. The van der Waals surface area contributed by atoms with Crippen LogP contribution in [0.15, 0.2) is 26.5 Å². The average molecular weight is 404 g/mol. The van der Waals surface area contributed by atoms with Crippen LogP contribution in [-0.2, 0) is 4.79 Å². The Labute approximate surface area is 147 Å². The summed E-state index contributed by atoms with van der Waals surface area (Å²) in [5, 5.41) is 1.24. The van der Waals surface area contributed by atoms with E-state index in [-0.39, 0.29) is 5.91 Å². The number of carbonyl (C=O) groups excluding carboxylic acids is 1. The molecule has 7 heteroatoms. The van der Waals surface area contributed by atoms with Crippen LogP contribution in [0.5, 0.6) is 5.75 Å². The van der Waals surface area contributed by atoms with Gasteiger partial charge in [0.25, 0.3) is 5.91 Å². The number of aliphatic imine (C=N–C) groups is 1. The molecular weight excluding hydrogens is 388 g/mol. The third-order valence-electron chi connectivity index (χ3n) is 3.02. The van der Waals surface area contributed by atoms with Crippen molar-refractivity contribution in [1.29, 1.82) is 0 Å². The molecule has 1 aromatic rings. The van der Waals surface area contributed by atoms with Gasteiger partial charge in [0, 0.05) is 13.1 Å². The first-order valence-corrected chi connectivity index (χ1v) is 8.79. The predicted octanol–water partition coefficient (Wildman–Crippen LogP) is 4.42. The zero-order valence-electron chi connectivity index (χ0n) is 12.5. The lowest BCUT2D eigenvalue weighted by Crippen LogP contribution is -2.28. The number of hydrogen-bond acceptors (Lipinski definition) is 4. The minimum absolute atomic E-state index is 0.0252. The fourth-order valence-corrected chi connectivity index (χ4v) is 4.21. The largest absolute Gasteiger partial charge is 0.494 e. The van der Waals surface area contributed by atoms with Crippen LogP contribution in [0, 0.1) is 0 Å². The number of amidine groups is 1. The molecule has 0 aromatic heterocycles. The van der Waals surface area contributed by atoms with Gasteiger partial charge in [-0.25, -0.2) is 0 Å². The standard InChI is InChI=1S/C15H16BrClN2O2S/c1-4-18-15-19(5-2)14(20)12(22-15)8-9-6-10(16)13(21-3)11(17)7-9/h6-8H,4-5H2,1-3H3/b12-8-,18-15?. The van der Waals surface area contributed by atoms with Gasteiger partial charge < -0.3 is 4.74 Å². The normalized spacial score (nSPS) is 18.6. The van der Waals surface area contributed by atoms with Crippen molar-refractivity contribution in [2.24, 2.45) is 4.99 Å². The van der Waals surface area contributed by atoms with E-state index >= 15 is 0 Å². The second kappa shape index (κ2) is 7.53. The van der Waals surface area contributed by atoms with Gasteiger partial charge in [-0.2, -0.15) is 0 Å². The number of thioether (sulfide) groups is 1. The molecule has 4 nitrogen and oxygen atoms in total. The molecule has 1 fully saturated rings. The Morgan fingerprint density at radius 3 is 2.73 bits per heavy atom. The van der Waals surface area contributed by atoms with E-state index in [0.717, 1.165) is 15.2 Å². The maximum atomic E-state index is 12.4. The fourth-order valence-electron chi connectivity index (χ4n) is 2.05. The summed E-state index contributed by atoms with van der Waals surface area (Å²) in [6, 6.07) is 3.65. The van der Waals surface area contributed by atoms with Crippen molar-refractivity contribution in [2.75, 3.05) is 20.2 Å². The van der Waals surface area contributed by atoms with Gasteiger partial charge in [-0.15, -0.1) is 0 Å². The molecule has 0 radical (unpaired) electrons. The third kappa shape index (κ3) is 3.50. The summed E-state index contributed by atoms with van der Waals surface area (Å²) in [7, 11) is 1.56. The average Bonchev–Trinajstić information content (AvgIpc) is 2.74. The molecule has 118 valence electrons. The van der Waals surface area contributed by atoms with Gasteiger partial charge in [-0.1, -0.05) is 11.6 Å². The van der Waals surface area contributed by atoms with Crippen LogP contribution >= 0.6 is 39.3 Å². The molecule has 1 saturated heterocycles. The highest BCUT2D eigenvalue weighted by atomic mass is 79.9. The first-order chi connectivity index (χ1) is 10.5. The van der Waals surface area contributed by atoms with Crippen LogP contribution in [0.2, 0.25) is 5.02 Å². The number of halogens is 2. The van der Waals surface area contributed by atoms with E-state index in [1.54, 1.807) is 18.1 Å². The molecule has 0 spiro atoms. The number of ether oxygens (including phenoxy) is 1. The molecule has 1 amide bonds. The highest BCUT2D eigenvalue weighted by Crippen LogP contribution is 2.37. The van der Waals surface area contributed by atoms with Gasteiger partial charge in [-0.3, -0.25) is 14.7 Å². The molecule has 1 aromatic carbocycles. The van der Waals surface area contributed by atoms with Crippen molar-refractivity contribution < 1.29 is 9.53 Å². The number of amides is 1. The summed E-state index contributed by atoms with van der Waals surface area (Å²) in [5.41, 5.74) is 0.835. The molecule has 0 aliphatic carbocycles. The molecule has 1 heterocycles. The fraction of sp³-hybridized carbons (Fsp3) is 0.333. The molecular formula is C15H16BrClN2O2S. The molecule has 0 bridgehead atoms. The second-order valence-electron chi connectivity index (χ2n) is 4.43. The van der Waals surface area contributed by atoms with E-state index in [9.17, 15) is 4.79 Å². The minimum Gasteiger partial charge on any atom is -0.494 e. The van der Waals surface area contributed by atoms with E-state index in [0.29, 0.717) is 28.8 Å². The molecule has 2 rings (SSSR count). The Bertz CT molecular complexity index is 638. The van der Waals surface area contributed by atoms with E-state index in [1.807, 2.05) is 26.0 Å². The summed E-state index contributed by atoms with van der Waals surface area (Å²) in [6.07, 6.45) is 1.82. The Morgan fingerprint density at radius 1 is 1.45 bits per heavy atom. The van der Waals surface area contributed by atoms with Gasteiger partial charge in [0.05, 0.1) is 21.5 Å². The minimum atomic E-state index is -0.0252. The lowest BCUT2D eigenvalue weighted by Gasteiger charge is -2.11. The Hall–Kier alpha value is -0.980. The number of likely N-dealkylation sites (N-methyl/N-ethyl adjacent to an activating group) is 1. The third-order valence-corrected chi connectivity index (χ3v) is 4.93. The van der Waals surface area contributed by atoms with Gasteiger partial charge in [-0.05, 0) is 65.3 Å². The van der Waals surface area contributed by atoms with E-state index in [2.05, 4.69) is 20.9 Å². The molecule has 0 N–H and O–H groups in total. The number of hydrogen-bond donors (Lipinski definition) is 0. The van der Waals surface area contributed by atoms with Crippen LogP contribution in [0.25, 0.3) is 6.08 Å². The molecule has 0 atom stereocenters. The van der Waals surface area contributed by atoms with Crippen LogP contribution in [0.3, 0.4) is 0 Å². The topological polar surface area (TPSA) is 41.9 Å². The van der Waals surface area contributed by atoms with Crippen LogP contribution in [0.4, 0.5) is 0 Å². The zero-order valence-corrected chi connectivity index (χ0v) is 15.7. The van der Waals surface area contributed by atoms with E-state index in [4.69, 9.17) is 16.3 Å². The van der Waals surface area contributed by atoms with Crippen LogP contribution in [0.1, 0.15) is 19.4 Å². The van der Waals surface area contributed by atoms with Crippen molar-refractivity contribution in [3.8, 4) is 5.75 Å². The quantitative estimate of drug-likeness (QED) is 0.699. The van der Waals surface area contributed by atoms with Crippen molar-refractivity contribution in [2.45, 2.75) is 13.8 Å². The van der Waals surface area contributed by atoms with Crippen molar-refractivity contribution in [1.82, 2.24) is 4.90 Å². The number of carbonyl (C=O) groups is 1. The Kier molecular flexibility index (Phi) is 5.94. The monoisotopic (exact) mass is 402 g/mol. The predicted molar refractivity (Wildman–Crippen MR) is 96.6 cm³/mol. The summed E-state index contributed by atoms with van der Waals surface area (Å²) in [5.74, 6) is 0.556. The maximum absolute atomic E-state index is 12.4. The second-order valence-corrected chi connectivity index (χ2v) is 6.71. The van der Waals surface area contributed by atoms with Crippen molar-refractivity contribution in [3.63, 3.8) is 0 Å².